The van der Waals surface area contributed by atoms with E-state index in [9.17, 15) is 0 Å². The highest BCUT2D eigenvalue weighted by molar-refractivity contribution is 5.59. The Morgan fingerprint density at radius 3 is 2.56 bits per heavy atom. The molecule has 0 aliphatic carbocycles. The van der Waals surface area contributed by atoms with Gasteiger partial charge in [0.05, 0.1) is 0 Å². The zero-order chi connectivity index (χ0) is 7.11. The van der Waals surface area contributed by atoms with Gasteiger partial charge in [-0.15, -0.1) is 5.16 Å². The van der Waals surface area contributed by atoms with E-state index in [0.29, 0.717) is 5.92 Å². The lowest BCUT2D eigenvalue weighted by Gasteiger charge is -2.03. The van der Waals surface area contributed by atoms with Crippen LogP contribution in [0.1, 0.15) is 33.1 Å². The highest BCUT2D eigenvalue weighted by atomic mass is 16.4. The molecule has 0 saturated carbocycles. The summed E-state index contributed by atoms with van der Waals surface area (Å²) in [7, 11) is 0. The van der Waals surface area contributed by atoms with Gasteiger partial charge in [0.2, 0.25) is 0 Å². The summed E-state index contributed by atoms with van der Waals surface area (Å²) in [6.07, 6.45) is 4.96. The van der Waals surface area contributed by atoms with Crippen LogP contribution in [0, 0.1) is 5.92 Å². The van der Waals surface area contributed by atoms with Gasteiger partial charge in [-0.1, -0.05) is 20.3 Å². The second-order valence-electron chi connectivity index (χ2n) is 2.22. The standard InChI is InChI=1S/C7H15NO/c1-3-5-7(4-2)6-8-9/h6-7,9H,3-5H2,1-2H3/t7-/m1/s1. The predicted molar refractivity (Wildman–Crippen MR) is 39.0 cm³/mol. The Kier molecular flexibility index (Phi) is 5.27. The van der Waals surface area contributed by atoms with Crippen molar-refractivity contribution in [3.63, 3.8) is 0 Å². The van der Waals surface area contributed by atoms with Crippen molar-refractivity contribution in [2.45, 2.75) is 33.1 Å². The first-order valence-electron chi connectivity index (χ1n) is 3.52. The van der Waals surface area contributed by atoms with Crippen LogP contribution in [0.15, 0.2) is 5.16 Å². The fourth-order valence-electron chi connectivity index (χ4n) is 0.849. The molecule has 0 fully saturated rings. The largest absolute Gasteiger partial charge is 0.411 e. The summed E-state index contributed by atoms with van der Waals surface area (Å²) >= 11 is 0. The maximum Gasteiger partial charge on any atom is 0.0466 e. The van der Waals surface area contributed by atoms with E-state index in [2.05, 4.69) is 19.0 Å². The van der Waals surface area contributed by atoms with Gasteiger partial charge in [-0.3, -0.25) is 0 Å². The number of rotatable bonds is 4. The van der Waals surface area contributed by atoms with E-state index >= 15 is 0 Å². The van der Waals surface area contributed by atoms with Crippen LogP contribution in [-0.4, -0.2) is 11.4 Å². The monoisotopic (exact) mass is 129 g/mol. The quantitative estimate of drug-likeness (QED) is 0.352. The zero-order valence-corrected chi connectivity index (χ0v) is 6.17. The van der Waals surface area contributed by atoms with Crippen LogP contribution in [0.4, 0.5) is 0 Å². The molecule has 0 amide bonds. The first-order chi connectivity index (χ1) is 4.35. The molecule has 54 valence electrons. The van der Waals surface area contributed by atoms with Crippen molar-refractivity contribution in [1.29, 1.82) is 0 Å². The fraction of sp³-hybridized carbons (Fsp3) is 0.857. The van der Waals surface area contributed by atoms with Crippen LogP contribution in [-0.2, 0) is 0 Å². The average molecular weight is 129 g/mol. The Morgan fingerprint density at radius 1 is 1.56 bits per heavy atom. The van der Waals surface area contributed by atoms with Crippen LogP contribution in [0.3, 0.4) is 0 Å². The van der Waals surface area contributed by atoms with Crippen molar-refractivity contribution in [3.05, 3.63) is 0 Å². The van der Waals surface area contributed by atoms with E-state index < -0.39 is 0 Å². The lowest BCUT2D eigenvalue weighted by Crippen LogP contribution is -1.98. The normalized spacial score (nSPS) is 14.4. The first-order valence-corrected chi connectivity index (χ1v) is 3.52. The number of hydrogen-bond donors (Lipinski definition) is 1. The minimum atomic E-state index is 0.472. The van der Waals surface area contributed by atoms with Crippen molar-refractivity contribution < 1.29 is 5.21 Å². The van der Waals surface area contributed by atoms with Crippen LogP contribution < -0.4 is 0 Å². The molecule has 0 rings (SSSR count). The van der Waals surface area contributed by atoms with E-state index in [4.69, 9.17) is 5.21 Å². The molecule has 9 heavy (non-hydrogen) atoms. The smallest absolute Gasteiger partial charge is 0.0466 e. The molecule has 0 aliphatic rings. The third-order valence-electron chi connectivity index (χ3n) is 1.46. The maximum atomic E-state index is 8.16. The van der Waals surface area contributed by atoms with Gasteiger partial charge in [-0.05, 0) is 18.8 Å². The Labute approximate surface area is 56.6 Å². The summed E-state index contributed by atoms with van der Waals surface area (Å²) in [6.45, 7) is 4.23. The molecule has 0 saturated heterocycles. The molecule has 2 nitrogen and oxygen atoms in total. The minimum Gasteiger partial charge on any atom is -0.411 e. The third kappa shape index (κ3) is 4.01. The molecule has 0 aromatic heterocycles. The molecule has 1 atom stereocenters. The number of nitrogens with zero attached hydrogens (tertiary/aromatic N) is 1. The summed E-state index contributed by atoms with van der Waals surface area (Å²) in [4.78, 5) is 0. The summed E-state index contributed by atoms with van der Waals surface area (Å²) in [6, 6.07) is 0. The summed E-state index contributed by atoms with van der Waals surface area (Å²) in [5.41, 5.74) is 0. The fourth-order valence-corrected chi connectivity index (χ4v) is 0.849. The van der Waals surface area contributed by atoms with Gasteiger partial charge in [0, 0.05) is 6.21 Å². The van der Waals surface area contributed by atoms with Gasteiger partial charge < -0.3 is 5.21 Å². The Balaban J connectivity index is 3.41. The molecule has 0 heterocycles. The second kappa shape index (κ2) is 5.60. The SMILES string of the molecule is CCC[C@H](C=NO)CC. The van der Waals surface area contributed by atoms with Crippen molar-refractivity contribution in [3.8, 4) is 0 Å². The Bertz CT molecular complexity index is 81.0. The van der Waals surface area contributed by atoms with Gasteiger partial charge in [0.15, 0.2) is 0 Å². The molecule has 0 radical (unpaired) electrons. The number of hydrogen-bond acceptors (Lipinski definition) is 2. The van der Waals surface area contributed by atoms with E-state index in [-0.39, 0.29) is 0 Å². The Hall–Kier alpha value is -0.530. The zero-order valence-electron chi connectivity index (χ0n) is 6.17. The highest BCUT2D eigenvalue weighted by Gasteiger charge is 1.99. The summed E-state index contributed by atoms with van der Waals surface area (Å²) in [5, 5.41) is 11.2. The summed E-state index contributed by atoms with van der Waals surface area (Å²) < 4.78 is 0. The van der Waals surface area contributed by atoms with Crippen molar-refractivity contribution in [1.82, 2.24) is 0 Å². The van der Waals surface area contributed by atoms with Crippen molar-refractivity contribution in [2.24, 2.45) is 11.1 Å². The topological polar surface area (TPSA) is 32.6 Å². The van der Waals surface area contributed by atoms with E-state index in [1.807, 2.05) is 0 Å². The van der Waals surface area contributed by atoms with Gasteiger partial charge in [0.25, 0.3) is 0 Å². The van der Waals surface area contributed by atoms with Gasteiger partial charge in [-0.2, -0.15) is 0 Å². The Morgan fingerprint density at radius 2 is 2.22 bits per heavy atom. The van der Waals surface area contributed by atoms with Crippen LogP contribution >= 0.6 is 0 Å². The molecule has 0 aromatic rings. The molecular weight excluding hydrogens is 114 g/mol. The lowest BCUT2D eigenvalue weighted by molar-refractivity contribution is 0.317. The molecular formula is C7H15NO. The second-order valence-corrected chi connectivity index (χ2v) is 2.22. The van der Waals surface area contributed by atoms with Crippen molar-refractivity contribution in [2.75, 3.05) is 0 Å². The highest BCUT2D eigenvalue weighted by Crippen LogP contribution is 2.06. The van der Waals surface area contributed by atoms with E-state index in [1.54, 1.807) is 6.21 Å². The third-order valence-corrected chi connectivity index (χ3v) is 1.46. The molecule has 0 unspecified atom stereocenters. The van der Waals surface area contributed by atoms with Crippen LogP contribution in [0.2, 0.25) is 0 Å². The van der Waals surface area contributed by atoms with Crippen LogP contribution in [0.5, 0.6) is 0 Å². The van der Waals surface area contributed by atoms with Gasteiger partial charge in [-0.25, -0.2) is 0 Å². The molecule has 0 spiro atoms. The van der Waals surface area contributed by atoms with E-state index in [0.717, 1.165) is 19.3 Å². The average Bonchev–Trinajstić information content (AvgIpc) is 1.88. The molecule has 0 aromatic carbocycles. The van der Waals surface area contributed by atoms with E-state index in [1.165, 1.54) is 0 Å². The molecule has 0 aliphatic heterocycles. The van der Waals surface area contributed by atoms with Gasteiger partial charge in [0.1, 0.15) is 0 Å². The maximum absolute atomic E-state index is 8.16. The van der Waals surface area contributed by atoms with Gasteiger partial charge >= 0.3 is 0 Å². The first kappa shape index (κ1) is 8.47. The lowest BCUT2D eigenvalue weighted by atomic mass is 10.0. The molecule has 2 heteroatoms. The molecule has 1 N–H and O–H groups in total. The van der Waals surface area contributed by atoms with Crippen molar-refractivity contribution >= 4 is 6.21 Å². The minimum absolute atomic E-state index is 0.472. The summed E-state index contributed by atoms with van der Waals surface area (Å²) in [5.74, 6) is 0.472. The number of oxime groups is 1. The predicted octanol–water partition coefficient (Wildman–Crippen LogP) is 2.27. The van der Waals surface area contributed by atoms with Crippen LogP contribution in [0.25, 0.3) is 0 Å². The molecule has 0 bridgehead atoms.